The fourth-order valence-corrected chi connectivity index (χ4v) is 3.48. The molecule has 1 fully saturated rings. The van der Waals surface area contributed by atoms with Gasteiger partial charge in [0, 0.05) is 12.2 Å². The second kappa shape index (κ2) is 6.14. The Labute approximate surface area is 121 Å². The average Bonchev–Trinajstić information content (AvgIpc) is 2.46. The third kappa shape index (κ3) is 3.73. The van der Waals surface area contributed by atoms with Crippen LogP contribution < -0.4 is 5.32 Å². The van der Waals surface area contributed by atoms with Gasteiger partial charge in [-0.3, -0.25) is 0 Å². The first-order chi connectivity index (χ1) is 9.45. The zero-order valence-electron chi connectivity index (χ0n) is 11.9. The van der Waals surface area contributed by atoms with Crippen molar-refractivity contribution in [2.45, 2.75) is 49.5 Å². The summed E-state index contributed by atoms with van der Waals surface area (Å²) in [7, 11) is -3.14. The molecule has 20 heavy (non-hydrogen) atoms. The highest BCUT2D eigenvalue weighted by atomic mass is 32.2. The summed E-state index contributed by atoms with van der Waals surface area (Å²) in [6.45, 7) is 2.16. The molecule has 0 radical (unpaired) electrons. The highest BCUT2D eigenvalue weighted by Gasteiger charge is 2.28. The topological polar surface area (TPSA) is 66.4 Å². The van der Waals surface area contributed by atoms with Crippen LogP contribution in [0.1, 0.15) is 39.0 Å². The molecule has 5 heteroatoms. The minimum atomic E-state index is -3.14. The highest BCUT2D eigenvalue weighted by molar-refractivity contribution is 7.91. The maximum absolute atomic E-state index is 11.7. The summed E-state index contributed by atoms with van der Waals surface area (Å²) in [6.07, 6.45) is 5.02. The Morgan fingerprint density at radius 1 is 1.15 bits per heavy atom. The third-order valence-corrected chi connectivity index (χ3v) is 5.75. The van der Waals surface area contributed by atoms with Gasteiger partial charge in [-0.25, -0.2) is 8.42 Å². The normalized spacial score (nSPS) is 18.7. The zero-order valence-corrected chi connectivity index (χ0v) is 12.7. The van der Waals surface area contributed by atoms with Crippen molar-refractivity contribution in [2.75, 3.05) is 17.6 Å². The van der Waals surface area contributed by atoms with Crippen molar-refractivity contribution >= 4 is 15.5 Å². The molecule has 1 saturated carbocycles. The lowest BCUT2D eigenvalue weighted by Gasteiger charge is -2.32. The van der Waals surface area contributed by atoms with Crippen molar-refractivity contribution in [3.05, 3.63) is 24.3 Å². The molecule has 4 nitrogen and oxygen atoms in total. The van der Waals surface area contributed by atoms with Gasteiger partial charge in [-0.2, -0.15) is 0 Å². The fraction of sp³-hybridized carbons (Fsp3) is 0.600. The van der Waals surface area contributed by atoms with Crippen molar-refractivity contribution in [3.8, 4) is 0 Å². The first-order valence-electron chi connectivity index (χ1n) is 7.24. The summed E-state index contributed by atoms with van der Waals surface area (Å²) in [5, 5.41) is 13.6. The average molecular weight is 297 g/mol. The second-order valence-electron chi connectivity index (χ2n) is 5.57. The summed E-state index contributed by atoms with van der Waals surface area (Å²) in [4.78, 5) is 0.349. The number of benzene rings is 1. The predicted molar refractivity (Wildman–Crippen MR) is 80.7 cm³/mol. The van der Waals surface area contributed by atoms with E-state index in [-0.39, 0.29) is 5.75 Å². The van der Waals surface area contributed by atoms with Crippen LogP contribution in [0.2, 0.25) is 0 Å². The maximum Gasteiger partial charge on any atom is 0.178 e. The third-order valence-electron chi connectivity index (χ3n) is 4.00. The smallest absolute Gasteiger partial charge is 0.178 e. The lowest BCUT2D eigenvalue weighted by atomic mass is 9.85. The van der Waals surface area contributed by atoms with E-state index in [1.807, 2.05) is 0 Å². The molecule has 0 aromatic heterocycles. The Morgan fingerprint density at radius 3 is 2.30 bits per heavy atom. The van der Waals surface area contributed by atoms with Gasteiger partial charge >= 0.3 is 0 Å². The molecule has 2 N–H and O–H groups in total. The number of aliphatic hydroxyl groups is 1. The Hall–Kier alpha value is -1.07. The SMILES string of the molecule is CCS(=O)(=O)c1ccc(NCC2(O)CCCCC2)cc1. The molecule has 1 aliphatic rings. The van der Waals surface area contributed by atoms with E-state index in [0.29, 0.717) is 11.4 Å². The van der Waals surface area contributed by atoms with E-state index < -0.39 is 15.4 Å². The van der Waals surface area contributed by atoms with Gasteiger partial charge in [0.05, 0.1) is 16.2 Å². The summed E-state index contributed by atoms with van der Waals surface area (Å²) in [5.74, 6) is 0.111. The molecule has 0 unspecified atom stereocenters. The van der Waals surface area contributed by atoms with Crippen LogP contribution >= 0.6 is 0 Å². The molecule has 0 heterocycles. The van der Waals surface area contributed by atoms with Crippen LogP contribution in [0.4, 0.5) is 5.69 Å². The molecule has 112 valence electrons. The monoisotopic (exact) mass is 297 g/mol. The molecule has 0 atom stereocenters. The van der Waals surface area contributed by atoms with E-state index in [1.54, 1.807) is 31.2 Å². The summed E-state index contributed by atoms with van der Waals surface area (Å²) < 4.78 is 23.4. The standard InChI is InChI=1S/C15H23NO3S/c1-2-20(18,19)14-8-6-13(7-9-14)16-12-15(17)10-4-3-5-11-15/h6-9,16-17H,2-5,10-12H2,1H3. The van der Waals surface area contributed by atoms with Crippen LogP contribution in [-0.4, -0.2) is 31.4 Å². The van der Waals surface area contributed by atoms with Crippen LogP contribution in [0.3, 0.4) is 0 Å². The lowest BCUT2D eigenvalue weighted by Crippen LogP contribution is -2.38. The zero-order chi connectivity index (χ0) is 14.6. The van der Waals surface area contributed by atoms with Gasteiger partial charge in [-0.15, -0.1) is 0 Å². The van der Waals surface area contributed by atoms with Crippen LogP contribution in [0.25, 0.3) is 0 Å². The van der Waals surface area contributed by atoms with E-state index in [4.69, 9.17) is 0 Å². The Kier molecular flexibility index (Phi) is 4.70. The van der Waals surface area contributed by atoms with Crippen LogP contribution in [0, 0.1) is 0 Å². The van der Waals surface area contributed by atoms with E-state index in [2.05, 4.69) is 5.32 Å². The van der Waals surface area contributed by atoms with E-state index >= 15 is 0 Å². The van der Waals surface area contributed by atoms with Gasteiger partial charge < -0.3 is 10.4 Å². The second-order valence-corrected chi connectivity index (χ2v) is 7.84. The van der Waals surface area contributed by atoms with Crippen molar-refractivity contribution in [1.82, 2.24) is 0 Å². The van der Waals surface area contributed by atoms with Gasteiger partial charge in [0.1, 0.15) is 0 Å². The largest absolute Gasteiger partial charge is 0.388 e. The number of nitrogens with one attached hydrogen (secondary N) is 1. The quantitative estimate of drug-likeness (QED) is 0.876. The highest BCUT2D eigenvalue weighted by Crippen LogP contribution is 2.28. The van der Waals surface area contributed by atoms with Gasteiger partial charge in [0.2, 0.25) is 0 Å². The van der Waals surface area contributed by atoms with Gasteiger partial charge in [0.15, 0.2) is 9.84 Å². The lowest BCUT2D eigenvalue weighted by molar-refractivity contribution is 0.0167. The van der Waals surface area contributed by atoms with Crippen LogP contribution in [0.5, 0.6) is 0 Å². The first-order valence-corrected chi connectivity index (χ1v) is 8.89. The van der Waals surface area contributed by atoms with Crippen molar-refractivity contribution < 1.29 is 13.5 Å². The van der Waals surface area contributed by atoms with Crippen molar-refractivity contribution in [3.63, 3.8) is 0 Å². The van der Waals surface area contributed by atoms with E-state index in [0.717, 1.165) is 31.4 Å². The van der Waals surface area contributed by atoms with Crippen LogP contribution in [-0.2, 0) is 9.84 Å². The minimum absolute atomic E-state index is 0.111. The van der Waals surface area contributed by atoms with Gasteiger partial charge in [-0.05, 0) is 37.1 Å². The molecule has 0 amide bonds. The van der Waals surface area contributed by atoms with Crippen molar-refractivity contribution in [2.24, 2.45) is 0 Å². The molecular weight excluding hydrogens is 274 g/mol. The number of sulfone groups is 1. The molecule has 1 aromatic carbocycles. The fourth-order valence-electron chi connectivity index (χ4n) is 2.60. The van der Waals surface area contributed by atoms with E-state index in [9.17, 15) is 13.5 Å². The summed E-state index contributed by atoms with van der Waals surface area (Å²) in [5.41, 5.74) is 0.228. The molecule has 2 rings (SSSR count). The Morgan fingerprint density at radius 2 is 1.75 bits per heavy atom. The predicted octanol–water partition coefficient (Wildman–Crippen LogP) is 2.59. The summed E-state index contributed by atoms with van der Waals surface area (Å²) in [6, 6.07) is 6.75. The van der Waals surface area contributed by atoms with E-state index in [1.165, 1.54) is 6.42 Å². The molecular formula is C15H23NO3S. The molecule has 0 spiro atoms. The number of hydrogen-bond donors (Lipinski definition) is 2. The minimum Gasteiger partial charge on any atom is -0.388 e. The maximum atomic E-state index is 11.7. The number of anilines is 1. The Balaban J connectivity index is 1.97. The molecule has 0 aliphatic heterocycles. The molecule has 1 aromatic rings. The number of rotatable bonds is 5. The Bertz CT molecular complexity index is 531. The molecule has 0 saturated heterocycles. The van der Waals surface area contributed by atoms with Crippen molar-refractivity contribution in [1.29, 1.82) is 0 Å². The number of hydrogen-bond acceptors (Lipinski definition) is 4. The van der Waals surface area contributed by atoms with Crippen LogP contribution in [0.15, 0.2) is 29.2 Å². The molecule has 1 aliphatic carbocycles. The summed E-state index contributed by atoms with van der Waals surface area (Å²) >= 11 is 0. The van der Waals surface area contributed by atoms with Gasteiger partial charge in [-0.1, -0.05) is 26.2 Å². The first kappa shape index (κ1) is 15.3. The van der Waals surface area contributed by atoms with Gasteiger partial charge in [0.25, 0.3) is 0 Å². The molecule has 0 bridgehead atoms.